The standard InChI is InChI=1S/C28H35N3O4/c1-34-17-16-31-27(33)30(20-21-6-5-9-25(18-21)35-2)26(32)28(31)12-14-29(15-13-28)24-11-10-22-7-3-4-8-23(22)19-24/h3-9,18,24H,10-17,19-20H2,1-2H3. The SMILES string of the molecule is COCCN1C(=O)N(Cc2cccc(OC)c2)C(=O)C12CCN(C1CCc3ccccc3C1)CC2. The molecule has 3 aliphatic rings. The molecular weight excluding hydrogens is 442 g/mol. The number of nitrogens with zero attached hydrogens (tertiary/aromatic N) is 3. The highest BCUT2D eigenvalue weighted by atomic mass is 16.5. The van der Waals surface area contributed by atoms with Crippen LogP contribution in [0.5, 0.6) is 5.75 Å². The summed E-state index contributed by atoms with van der Waals surface area (Å²) in [5, 5.41) is 0. The highest BCUT2D eigenvalue weighted by molar-refractivity contribution is 6.07. The number of carbonyl (C=O) groups excluding carboxylic acids is 2. The summed E-state index contributed by atoms with van der Waals surface area (Å²) in [6.45, 7) is 2.73. The lowest BCUT2D eigenvalue weighted by Crippen LogP contribution is -2.58. The van der Waals surface area contributed by atoms with Crippen LogP contribution in [0, 0.1) is 0 Å². The molecule has 0 bridgehead atoms. The van der Waals surface area contributed by atoms with Crippen molar-refractivity contribution in [3.63, 3.8) is 0 Å². The normalized spacial score (nSPS) is 22.1. The van der Waals surface area contributed by atoms with E-state index in [1.54, 1.807) is 19.1 Å². The quantitative estimate of drug-likeness (QED) is 0.572. The molecule has 1 spiro atoms. The summed E-state index contributed by atoms with van der Waals surface area (Å²) in [5.74, 6) is 0.643. The first-order valence-corrected chi connectivity index (χ1v) is 12.6. The zero-order chi connectivity index (χ0) is 24.4. The summed E-state index contributed by atoms with van der Waals surface area (Å²) in [4.78, 5) is 33.1. The van der Waals surface area contributed by atoms with Gasteiger partial charge in [0.15, 0.2) is 0 Å². The van der Waals surface area contributed by atoms with Gasteiger partial charge in [-0.2, -0.15) is 0 Å². The van der Waals surface area contributed by atoms with Crippen LogP contribution < -0.4 is 4.74 Å². The Morgan fingerprint density at radius 3 is 2.51 bits per heavy atom. The monoisotopic (exact) mass is 477 g/mol. The van der Waals surface area contributed by atoms with E-state index in [9.17, 15) is 9.59 Å². The van der Waals surface area contributed by atoms with Gasteiger partial charge in [-0.05, 0) is 60.9 Å². The van der Waals surface area contributed by atoms with Gasteiger partial charge in [-0.1, -0.05) is 36.4 Å². The second-order valence-electron chi connectivity index (χ2n) is 9.90. The highest BCUT2D eigenvalue weighted by Crippen LogP contribution is 2.39. The van der Waals surface area contributed by atoms with Gasteiger partial charge in [0.2, 0.25) is 0 Å². The Morgan fingerprint density at radius 1 is 1.00 bits per heavy atom. The third-order valence-corrected chi connectivity index (χ3v) is 8.08. The fourth-order valence-electron chi connectivity index (χ4n) is 6.10. The molecule has 2 heterocycles. The van der Waals surface area contributed by atoms with E-state index in [4.69, 9.17) is 9.47 Å². The molecule has 2 aromatic carbocycles. The molecule has 0 N–H and O–H groups in total. The molecular formula is C28H35N3O4. The number of fused-ring (bicyclic) bond motifs is 1. The minimum absolute atomic E-state index is 0.0740. The number of rotatable bonds is 7. The Bertz CT molecular complexity index is 1080. The van der Waals surface area contributed by atoms with Gasteiger partial charge in [0.1, 0.15) is 11.3 Å². The van der Waals surface area contributed by atoms with Gasteiger partial charge >= 0.3 is 6.03 Å². The first-order valence-electron chi connectivity index (χ1n) is 12.6. The summed E-state index contributed by atoms with van der Waals surface area (Å²) in [5.41, 5.74) is 3.01. The number of aryl methyl sites for hydroxylation is 1. The third kappa shape index (κ3) is 4.43. The van der Waals surface area contributed by atoms with Crippen LogP contribution in [0.25, 0.3) is 0 Å². The van der Waals surface area contributed by atoms with Gasteiger partial charge in [-0.3, -0.25) is 14.6 Å². The Hall–Kier alpha value is -2.90. The molecule has 0 saturated carbocycles. The average Bonchev–Trinajstić information content (AvgIpc) is 3.08. The molecule has 2 aliphatic heterocycles. The number of imide groups is 1. The van der Waals surface area contributed by atoms with Gasteiger partial charge in [0.25, 0.3) is 5.91 Å². The number of urea groups is 1. The number of carbonyl (C=O) groups is 2. The van der Waals surface area contributed by atoms with Crippen molar-refractivity contribution in [1.82, 2.24) is 14.7 Å². The van der Waals surface area contributed by atoms with Crippen molar-refractivity contribution in [3.05, 3.63) is 65.2 Å². The Balaban J connectivity index is 1.32. The fraction of sp³-hybridized carbons (Fsp3) is 0.500. The minimum Gasteiger partial charge on any atom is -0.497 e. The second-order valence-corrected chi connectivity index (χ2v) is 9.90. The summed E-state index contributed by atoms with van der Waals surface area (Å²) >= 11 is 0. The number of likely N-dealkylation sites (tertiary alicyclic amines) is 1. The van der Waals surface area contributed by atoms with E-state index in [0.29, 0.717) is 32.0 Å². The summed E-state index contributed by atoms with van der Waals surface area (Å²) < 4.78 is 10.6. The van der Waals surface area contributed by atoms with E-state index < -0.39 is 5.54 Å². The number of benzene rings is 2. The van der Waals surface area contributed by atoms with E-state index in [1.165, 1.54) is 16.0 Å². The van der Waals surface area contributed by atoms with Crippen LogP contribution in [0.4, 0.5) is 4.79 Å². The number of ether oxygens (including phenoxy) is 2. The molecule has 1 atom stereocenters. The van der Waals surface area contributed by atoms with Crippen molar-refractivity contribution in [2.45, 2.75) is 50.2 Å². The predicted octanol–water partition coefficient (Wildman–Crippen LogP) is 3.50. The summed E-state index contributed by atoms with van der Waals surface area (Å²) in [6, 6.07) is 16.6. The predicted molar refractivity (Wildman–Crippen MR) is 133 cm³/mol. The maximum absolute atomic E-state index is 13.8. The molecule has 1 unspecified atom stereocenters. The molecule has 2 saturated heterocycles. The van der Waals surface area contributed by atoms with E-state index in [2.05, 4.69) is 29.2 Å². The smallest absolute Gasteiger partial charge is 0.328 e. The summed E-state index contributed by atoms with van der Waals surface area (Å²) in [6.07, 6.45) is 4.63. The molecule has 3 amide bonds. The van der Waals surface area contributed by atoms with Crippen molar-refractivity contribution >= 4 is 11.9 Å². The van der Waals surface area contributed by atoms with Crippen LogP contribution in [0.3, 0.4) is 0 Å². The summed E-state index contributed by atoms with van der Waals surface area (Å²) in [7, 11) is 3.25. The van der Waals surface area contributed by atoms with Gasteiger partial charge in [0.05, 0.1) is 20.3 Å². The second kappa shape index (κ2) is 9.99. The van der Waals surface area contributed by atoms with Gasteiger partial charge < -0.3 is 14.4 Å². The molecule has 0 radical (unpaired) electrons. The molecule has 186 valence electrons. The van der Waals surface area contributed by atoms with Crippen LogP contribution in [0.1, 0.15) is 36.0 Å². The molecule has 35 heavy (non-hydrogen) atoms. The van der Waals surface area contributed by atoms with Crippen LogP contribution in [-0.4, -0.2) is 78.7 Å². The third-order valence-electron chi connectivity index (χ3n) is 8.08. The number of piperidine rings is 1. The fourth-order valence-corrected chi connectivity index (χ4v) is 6.10. The molecule has 2 aromatic rings. The zero-order valence-electron chi connectivity index (χ0n) is 20.7. The Kier molecular flexibility index (Phi) is 6.80. The van der Waals surface area contributed by atoms with E-state index >= 15 is 0 Å². The van der Waals surface area contributed by atoms with Crippen molar-refractivity contribution in [3.8, 4) is 5.75 Å². The minimum atomic E-state index is -0.780. The number of amides is 3. The first kappa shape index (κ1) is 23.8. The van der Waals surface area contributed by atoms with E-state index in [0.717, 1.165) is 43.7 Å². The van der Waals surface area contributed by atoms with E-state index in [1.807, 2.05) is 24.3 Å². The van der Waals surface area contributed by atoms with Crippen LogP contribution in [0.2, 0.25) is 0 Å². The van der Waals surface area contributed by atoms with Crippen molar-refractivity contribution in [2.75, 3.05) is 40.5 Å². The molecule has 2 fully saturated rings. The Labute approximate surface area is 207 Å². The highest BCUT2D eigenvalue weighted by Gasteiger charge is 2.58. The van der Waals surface area contributed by atoms with Crippen LogP contribution in [0.15, 0.2) is 48.5 Å². The molecule has 7 heteroatoms. The van der Waals surface area contributed by atoms with E-state index in [-0.39, 0.29) is 18.5 Å². The largest absolute Gasteiger partial charge is 0.497 e. The maximum Gasteiger partial charge on any atom is 0.328 e. The van der Waals surface area contributed by atoms with Gasteiger partial charge in [-0.25, -0.2) is 4.79 Å². The lowest BCUT2D eigenvalue weighted by Gasteiger charge is -2.45. The van der Waals surface area contributed by atoms with Crippen molar-refractivity contribution in [1.29, 1.82) is 0 Å². The number of hydrogen-bond donors (Lipinski definition) is 0. The molecule has 5 rings (SSSR count). The van der Waals surface area contributed by atoms with Gasteiger partial charge in [0, 0.05) is 32.8 Å². The lowest BCUT2D eigenvalue weighted by molar-refractivity contribution is -0.136. The lowest BCUT2D eigenvalue weighted by atomic mass is 9.82. The molecule has 7 nitrogen and oxygen atoms in total. The van der Waals surface area contributed by atoms with Crippen LogP contribution in [-0.2, 0) is 28.9 Å². The number of hydrogen-bond acceptors (Lipinski definition) is 5. The molecule has 1 aliphatic carbocycles. The van der Waals surface area contributed by atoms with Gasteiger partial charge in [-0.15, -0.1) is 0 Å². The maximum atomic E-state index is 13.8. The zero-order valence-corrected chi connectivity index (χ0v) is 20.7. The Morgan fingerprint density at radius 2 is 1.77 bits per heavy atom. The average molecular weight is 478 g/mol. The number of methoxy groups -OCH3 is 2. The topological polar surface area (TPSA) is 62.3 Å². The van der Waals surface area contributed by atoms with Crippen LogP contribution >= 0.6 is 0 Å². The van der Waals surface area contributed by atoms with Crippen molar-refractivity contribution < 1.29 is 19.1 Å². The van der Waals surface area contributed by atoms with Crippen molar-refractivity contribution in [2.24, 2.45) is 0 Å². The molecule has 0 aromatic heterocycles. The first-order chi connectivity index (χ1) is 17.1.